The van der Waals surface area contributed by atoms with Crippen molar-refractivity contribution in [2.24, 2.45) is 11.7 Å². The molecule has 0 spiro atoms. The van der Waals surface area contributed by atoms with Crippen LogP contribution in [0.15, 0.2) is 12.1 Å². The van der Waals surface area contributed by atoms with Crippen molar-refractivity contribution in [2.45, 2.75) is 52.4 Å². The topological polar surface area (TPSA) is 35.2 Å². The molecule has 0 amide bonds. The van der Waals surface area contributed by atoms with E-state index in [9.17, 15) is 0 Å². The van der Waals surface area contributed by atoms with Gasteiger partial charge >= 0.3 is 0 Å². The molecule has 1 aromatic rings. The summed E-state index contributed by atoms with van der Waals surface area (Å²) in [5, 5.41) is 0. The number of aryl methyl sites for hydroxylation is 1. The molecule has 0 bridgehead atoms. The second-order valence-electron chi connectivity index (χ2n) is 6.82. The third-order valence-electron chi connectivity index (χ3n) is 3.83. The molecule has 1 aliphatic carbocycles. The van der Waals surface area contributed by atoms with Crippen LogP contribution < -0.4 is 10.5 Å². The maximum atomic E-state index is 6.09. The fourth-order valence-corrected chi connectivity index (χ4v) is 2.35. The van der Waals surface area contributed by atoms with E-state index in [4.69, 9.17) is 10.5 Å². The number of rotatable bonds is 5. The van der Waals surface area contributed by atoms with Crippen LogP contribution in [-0.2, 0) is 11.8 Å². The standard InChI is InChI=1S/C17H27NO/c1-12-9-15(17(2,3)4)16(10-14(12)7-8-18)19-11-13-5-6-13/h9-10,13H,5-8,11,18H2,1-4H3. The molecule has 0 atom stereocenters. The van der Waals surface area contributed by atoms with Crippen molar-refractivity contribution in [2.75, 3.05) is 13.2 Å². The van der Waals surface area contributed by atoms with Crippen molar-refractivity contribution >= 4 is 0 Å². The van der Waals surface area contributed by atoms with Crippen LogP contribution in [0.25, 0.3) is 0 Å². The molecule has 1 aliphatic rings. The summed E-state index contributed by atoms with van der Waals surface area (Å²) >= 11 is 0. The highest BCUT2D eigenvalue weighted by molar-refractivity contribution is 5.45. The van der Waals surface area contributed by atoms with Crippen molar-refractivity contribution in [1.82, 2.24) is 0 Å². The van der Waals surface area contributed by atoms with Gasteiger partial charge in [-0.05, 0) is 66.8 Å². The first-order valence-electron chi connectivity index (χ1n) is 7.38. The number of ether oxygens (including phenoxy) is 1. The van der Waals surface area contributed by atoms with Crippen LogP contribution in [0.4, 0.5) is 0 Å². The van der Waals surface area contributed by atoms with Crippen LogP contribution in [0.3, 0.4) is 0 Å². The van der Waals surface area contributed by atoms with Crippen molar-refractivity contribution in [1.29, 1.82) is 0 Å². The first-order valence-corrected chi connectivity index (χ1v) is 7.38. The largest absolute Gasteiger partial charge is 0.493 e. The third kappa shape index (κ3) is 3.73. The molecular formula is C17H27NO. The van der Waals surface area contributed by atoms with Gasteiger partial charge in [-0.1, -0.05) is 26.8 Å². The Bertz CT molecular complexity index is 441. The van der Waals surface area contributed by atoms with Gasteiger partial charge in [-0.3, -0.25) is 0 Å². The molecular weight excluding hydrogens is 234 g/mol. The zero-order valence-electron chi connectivity index (χ0n) is 12.8. The Balaban J connectivity index is 2.30. The van der Waals surface area contributed by atoms with Gasteiger partial charge < -0.3 is 10.5 Å². The fourth-order valence-electron chi connectivity index (χ4n) is 2.35. The second kappa shape index (κ2) is 5.54. The summed E-state index contributed by atoms with van der Waals surface area (Å²) in [5.74, 6) is 1.85. The quantitative estimate of drug-likeness (QED) is 0.879. The normalized spacial score (nSPS) is 15.6. The summed E-state index contributed by atoms with van der Waals surface area (Å²) in [6.45, 7) is 10.5. The van der Waals surface area contributed by atoms with Gasteiger partial charge in [0.1, 0.15) is 5.75 Å². The Morgan fingerprint density at radius 3 is 2.47 bits per heavy atom. The SMILES string of the molecule is Cc1cc(C(C)(C)C)c(OCC2CC2)cc1CCN. The second-order valence-corrected chi connectivity index (χ2v) is 6.82. The van der Waals surface area contributed by atoms with E-state index in [1.165, 1.54) is 29.5 Å². The van der Waals surface area contributed by atoms with Gasteiger partial charge in [-0.2, -0.15) is 0 Å². The molecule has 1 aromatic carbocycles. The van der Waals surface area contributed by atoms with E-state index in [0.717, 1.165) is 24.7 Å². The fraction of sp³-hybridized carbons (Fsp3) is 0.647. The van der Waals surface area contributed by atoms with E-state index in [0.29, 0.717) is 6.54 Å². The Morgan fingerprint density at radius 2 is 1.95 bits per heavy atom. The molecule has 2 nitrogen and oxygen atoms in total. The van der Waals surface area contributed by atoms with Gasteiger partial charge in [0.05, 0.1) is 6.61 Å². The van der Waals surface area contributed by atoms with E-state index < -0.39 is 0 Å². The van der Waals surface area contributed by atoms with Crippen LogP contribution >= 0.6 is 0 Å². The van der Waals surface area contributed by atoms with Crippen LogP contribution in [0.2, 0.25) is 0 Å². The van der Waals surface area contributed by atoms with Gasteiger partial charge in [0.25, 0.3) is 0 Å². The number of hydrogen-bond donors (Lipinski definition) is 1. The molecule has 2 rings (SSSR count). The van der Waals surface area contributed by atoms with Crippen molar-refractivity contribution in [3.63, 3.8) is 0 Å². The minimum Gasteiger partial charge on any atom is -0.493 e. The zero-order valence-corrected chi connectivity index (χ0v) is 12.8. The molecule has 0 radical (unpaired) electrons. The highest BCUT2D eigenvalue weighted by atomic mass is 16.5. The van der Waals surface area contributed by atoms with Crippen LogP contribution in [0, 0.1) is 12.8 Å². The molecule has 0 saturated heterocycles. The molecule has 1 saturated carbocycles. The van der Waals surface area contributed by atoms with Crippen molar-refractivity contribution < 1.29 is 4.74 Å². The lowest BCUT2D eigenvalue weighted by Gasteiger charge is -2.25. The summed E-state index contributed by atoms with van der Waals surface area (Å²) in [5.41, 5.74) is 9.77. The minimum absolute atomic E-state index is 0.116. The number of hydrogen-bond acceptors (Lipinski definition) is 2. The zero-order chi connectivity index (χ0) is 14.0. The molecule has 2 heteroatoms. The van der Waals surface area contributed by atoms with Gasteiger partial charge in [-0.25, -0.2) is 0 Å². The molecule has 0 heterocycles. The molecule has 19 heavy (non-hydrogen) atoms. The summed E-state index contributed by atoms with van der Waals surface area (Å²) < 4.78 is 6.09. The van der Waals surface area contributed by atoms with E-state index in [1.807, 2.05) is 0 Å². The van der Waals surface area contributed by atoms with Crippen molar-refractivity contribution in [3.8, 4) is 5.75 Å². The summed E-state index contributed by atoms with van der Waals surface area (Å²) in [7, 11) is 0. The smallest absolute Gasteiger partial charge is 0.123 e. The van der Waals surface area contributed by atoms with Crippen LogP contribution in [0.5, 0.6) is 5.75 Å². The van der Waals surface area contributed by atoms with E-state index in [2.05, 4.69) is 39.8 Å². The van der Waals surface area contributed by atoms with Crippen LogP contribution in [0.1, 0.15) is 50.3 Å². The maximum absolute atomic E-state index is 6.09. The molecule has 0 aliphatic heterocycles. The van der Waals surface area contributed by atoms with Gasteiger partial charge in [0.2, 0.25) is 0 Å². The molecule has 0 aromatic heterocycles. The average Bonchev–Trinajstić information content (AvgIpc) is 3.12. The Kier molecular flexibility index (Phi) is 4.19. The lowest BCUT2D eigenvalue weighted by Crippen LogP contribution is -2.16. The first kappa shape index (κ1) is 14.4. The predicted octanol–water partition coefficient (Wildman–Crippen LogP) is 3.58. The highest BCUT2D eigenvalue weighted by Crippen LogP contribution is 2.36. The molecule has 106 valence electrons. The highest BCUT2D eigenvalue weighted by Gasteiger charge is 2.25. The monoisotopic (exact) mass is 261 g/mol. The van der Waals surface area contributed by atoms with Crippen LogP contribution in [-0.4, -0.2) is 13.2 Å². The molecule has 1 fully saturated rings. The maximum Gasteiger partial charge on any atom is 0.123 e. The van der Waals surface area contributed by atoms with E-state index >= 15 is 0 Å². The number of nitrogens with two attached hydrogens (primary N) is 1. The van der Waals surface area contributed by atoms with Gasteiger partial charge in [-0.15, -0.1) is 0 Å². The molecule has 0 unspecified atom stereocenters. The third-order valence-corrected chi connectivity index (χ3v) is 3.83. The number of benzene rings is 1. The van der Waals surface area contributed by atoms with Gasteiger partial charge in [0, 0.05) is 0 Å². The van der Waals surface area contributed by atoms with Gasteiger partial charge in [0.15, 0.2) is 0 Å². The lowest BCUT2D eigenvalue weighted by atomic mass is 9.84. The Labute approximate surface area is 117 Å². The summed E-state index contributed by atoms with van der Waals surface area (Å²) in [6, 6.07) is 4.50. The first-order chi connectivity index (χ1) is 8.91. The Morgan fingerprint density at radius 1 is 1.26 bits per heavy atom. The van der Waals surface area contributed by atoms with Crippen molar-refractivity contribution in [3.05, 3.63) is 28.8 Å². The van der Waals surface area contributed by atoms with E-state index in [1.54, 1.807) is 0 Å². The summed E-state index contributed by atoms with van der Waals surface area (Å²) in [6.07, 6.45) is 3.58. The minimum atomic E-state index is 0.116. The van der Waals surface area contributed by atoms with E-state index in [-0.39, 0.29) is 5.41 Å². The Hall–Kier alpha value is -1.02. The summed E-state index contributed by atoms with van der Waals surface area (Å²) in [4.78, 5) is 0. The average molecular weight is 261 g/mol. The predicted molar refractivity (Wildman–Crippen MR) is 80.9 cm³/mol. The lowest BCUT2D eigenvalue weighted by molar-refractivity contribution is 0.291. The molecule has 2 N–H and O–H groups in total.